The summed E-state index contributed by atoms with van der Waals surface area (Å²) < 4.78 is 22.1. The van der Waals surface area contributed by atoms with Crippen LogP contribution < -0.4 is 9.47 Å². The van der Waals surface area contributed by atoms with Gasteiger partial charge in [0.05, 0.1) is 45.6 Å². The van der Waals surface area contributed by atoms with E-state index in [1.54, 1.807) is 37.0 Å². The molecule has 0 saturated carbocycles. The van der Waals surface area contributed by atoms with Crippen molar-refractivity contribution in [1.29, 1.82) is 0 Å². The third-order valence-electron chi connectivity index (χ3n) is 5.85. The largest absolute Gasteiger partial charge is 0.497 e. The number of aromatic nitrogens is 1. The molecule has 1 fully saturated rings. The predicted molar refractivity (Wildman–Crippen MR) is 121 cm³/mol. The first kappa shape index (κ1) is 24.6. The first-order valence-electron chi connectivity index (χ1n) is 11.0. The Morgan fingerprint density at radius 3 is 2.36 bits per heavy atom. The molecule has 1 aliphatic heterocycles. The van der Waals surface area contributed by atoms with Gasteiger partial charge in [0.1, 0.15) is 17.3 Å². The summed E-state index contributed by atoms with van der Waals surface area (Å²) in [5.41, 5.74) is 2.33. The molecule has 0 bridgehead atoms. The first-order chi connectivity index (χ1) is 15.7. The molecule has 0 radical (unpaired) electrons. The number of nitrogens with zero attached hydrogens (tertiary/aromatic N) is 3. The maximum atomic E-state index is 13.1. The molecule has 1 atom stereocenters. The number of carbonyl (C=O) groups excluding carboxylic acids is 2. The molecule has 1 aromatic heterocycles. The van der Waals surface area contributed by atoms with Gasteiger partial charge in [-0.05, 0) is 45.4 Å². The number of rotatable bonds is 8. The summed E-state index contributed by atoms with van der Waals surface area (Å²) in [4.78, 5) is 29.4. The van der Waals surface area contributed by atoms with Crippen LogP contribution in [0.4, 0.5) is 0 Å². The molecule has 0 spiro atoms. The summed E-state index contributed by atoms with van der Waals surface area (Å²) in [6.45, 7) is 8.56. The van der Waals surface area contributed by atoms with Crippen molar-refractivity contribution in [2.75, 3.05) is 33.9 Å². The van der Waals surface area contributed by atoms with E-state index in [0.717, 1.165) is 11.1 Å². The van der Waals surface area contributed by atoms with E-state index < -0.39 is 0 Å². The predicted octanol–water partition coefficient (Wildman–Crippen LogP) is 2.52. The highest BCUT2D eigenvalue weighted by Gasteiger charge is 2.32. The van der Waals surface area contributed by atoms with E-state index >= 15 is 0 Å². The van der Waals surface area contributed by atoms with E-state index in [-0.39, 0.29) is 36.9 Å². The number of aryl methyl sites for hydroxylation is 2. The molecule has 9 heteroatoms. The number of hydrogen-bond acceptors (Lipinski definition) is 7. The van der Waals surface area contributed by atoms with Crippen molar-refractivity contribution in [2.45, 2.75) is 52.9 Å². The first-order valence-corrected chi connectivity index (χ1v) is 11.0. The van der Waals surface area contributed by atoms with E-state index in [1.807, 2.05) is 32.9 Å². The van der Waals surface area contributed by atoms with E-state index in [1.165, 1.54) is 0 Å². The zero-order chi connectivity index (χ0) is 24.1. The summed E-state index contributed by atoms with van der Waals surface area (Å²) in [6, 6.07) is 5.55. The van der Waals surface area contributed by atoms with Gasteiger partial charge in [-0.2, -0.15) is 0 Å². The van der Waals surface area contributed by atoms with Gasteiger partial charge >= 0.3 is 0 Å². The summed E-state index contributed by atoms with van der Waals surface area (Å²) in [5.74, 6) is 1.71. The van der Waals surface area contributed by atoms with Crippen LogP contribution in [0.3, 0.4) is 0 Å². The lowest BCUT2D eigenvalue weighted by Crippen LogP contribution is -2.42. The fourth-order valence-electron chi connectivity index (χ4n) is 3.92. The van der Waals surface area contributed by atoms with Crippen LogP contribution in [0.5, 0.6) is 11.5 Å². The molecule has 9 nitrogen and oxygen atoms in total. The van der Waals surface area contributed by atoms with Crippen molar-refractivity contribution < 1.29 is 28.3 Å². The molecule has 1 saturated heterocycles. The number of carbonyl (C=O) groups is 2. The van der Waals surface area contributed by atoms with E-state index in [4.69, 9.17) is 18.7 Å². The van der Waals surface area contributed by atoms with Crippen LogP contribution in [-0.4, -0.2) is 72.8 Å². The second-order valence-corrected chi connectivity index (χ2v) is 8.55. The molecule has 0 N–H and O–H groups in total. The zero-order valence-electron chi connectivity index (χ0n) is 20.2. The molecule has 0 aliphatic carbocycles. The smallest absolute Gasteiger partial charge is 0.242 e. The van der Waals surface area contributed by atoms with Crippen LogP contribution in [-0.2, 0) is 27.4 Å². The van der Waals surface area contributed by atoms with Gasteiger partial charge in [0, 0.05) is 30.8 Å². The van der Waals surface area contributed by atoms with Crippen LogP contribution in [0.15, 0.2) is 22.7 Å². The number of benzene rings is 1. The summed E-state index contributed by atoms with van der Waals surface area (Å²) >= 11 is 0. The van der Waals surface area contributed by atoms with E-state index in [0.29, 0.717) is 42.6 Å². The fraction of sp³-hybridized carbons (Fsp3) is 0.542. The average Bonchev–Trinajstić information content (AvgIpc) is 3.00. The molecule has 2 aromatic rings. The molecule has 2 amide bonds. The Morgan fingerprint density at radius 1 is 1.15 bits per heavy atom. The molecule has 1 unspecified atom stereocenters. The third-order valence-corrected chi connectivity index (χ3v) is 5.85. The Kier molecular flexibility index (Phi) is 7.97. The molecule has 2 heterocycles. The lowest BCUT2D eigenvalue weighted by Gasteiger charge is -2.27. The van der Waals surface area contributed by atoms with Gasteiger partial charge in [-0.15, -0.1) is 0 Å². The summed E-state index contributed by atoms with van der Waals surface area (Å²) in [5, 5.41) is 3.92. The molecular formula is C24H33N3O6. The molecule has 1 aliphatic rings. The van der Waals surface area contributed by atoms with Gasteiger partial charge < -0.3 is 28.5 Å². The van der Waals surface area contributed by atoms with Crippen LogP contribution in [0.2, 0.25) is 0 Å². The Hall–Kier alpha value is -3.07. The highest BCUT2D eigenvalue weighted by atomic mass is 16.5. The third kappa shape index (κ3) is 6.04. The number of methoxy groups -OCH3 is 2. The minimum absolute atomic E-state index is 0.00173. The van der Waals surface area contributed by atoms with Crippen molar-refractivity contribution in [2.24, 2.45) is 0 Å². The SMILES string of the molecule is COc1cc(COC2CN(C(=O)Cc3c(C)noc3C)CC(=O)N(C(C)C)C2)cc(OC)c1. The zero-order valence-corrected chi connectivity index (χ0v) is 20.2. The summed E-state index contributed by atoms with van der Waals surface area (Å²) in [7, 11) is 3.19. The number of ether oxygens (including phenoxy) is 3. The molecular weight excluding hydrogens is 426 g/mol. The Labute approximate surface area is 194 Å². The van der Waals surface area contributed by atoms with Gasteiger partial charge in [-0.25, -0.2) is 0 Å². The Balaban J connectivity index is 1.76. The minimum Gasteiger partial charge on any atom is -0.497 e. The van der Waals surface area contributed by atoms with Crippen molar-refractivity contribution in [3.05, 3.63) is 40.8 Å². The normalized spacial score (nSPS) is 16.8. The van der Waals surface area contributed by atoms with Crippen LogP contribution in [0.25, 0.3) is 0 Å². The van der Waals surface area contributed by atoms with Gasteiger partial charge in [-0.3, -0.25) is 9.59 Å². The average molecular weight is 460 g/mol. The quantitative estimate of drug-likeness (QED) is 0.599. The molecule has 1 aromatic carbocycles. The lowest BCUT2D eigenvalue weighted by molar-refractivity contribution is -0.139. The lowest BCUT2D eigenvalue weighted by atomic mass is 10.1. The van der Waals surface area contributed by atoms with Crippen LogP contribution in [0, 0.1) is 13.8 Å². The highest BCUT2D eigenvalue weighted by molar-refractivity contribution is 5.86. The maximum Gasteiger partial charge on any atom is 0.242 e. The maximum absolute atomic E-state index is 13.1. The number of hydrogen-bond donors (Lipinski definition) is 0. The van der Waals surface area contributed by atoms with Gasteiger partial charge in [-0.1, -0.05) is 5.16 Å². The van der Waals surface area contributed by atoms with Crippen LogP contribution >= 0.6 is 0 Å². The van der Waals surface area contributed by atoms with Crippen molar-refractivity contribution in [3.8, 4) is 11.5 Å². The number of amides is 2. The molecule has 33 heavy (non-hydrogen) atoms. The van der Waals surface area contributed by atoms with Gasteiger partial charge in [0.2, 0.25) is 11.8 Å². The minimum atomic E-state index is -0.343. The summed E-state index contributed by atoms with van der Waals surface area (Å²) in [6.07, 6.45) is -0.208. The van der Waals surface area contributed by atoms with Crippen molar-refractivity contribution >= 4 is 11.8 Å². The van der Waals surface area contributed by atoms with Gasteiger partial charge in [0.15, 0.2) is 0 Å². The van der Waals surface area contributed by atoms with Gasteiger partial charge in [0.25, 0.3) is 0 Å². The topological polar surface area (TPSA) is 94.3 Å². The van der Waals surface area contributed by atoms with E-state index in [9.17, 15) is 9.59 Å². The van der Waals surface area contributed by atoms with Crippen LogP contribution in [0.1, 0.15) is 36.4 Å². The monoisotopic (exact) mass is 459 g/mol. The molecule has 3 rings (SSSR count). The Bertz CT molecular complexity index is 945. The molecule has 180 valence electrons. The van der Waals surface area contributed by atoms with E-state index in [2.05, 4.69) is 5.16 Å². The Morgan fingerprint density at radius 2 is 1.82 bits per heavy atom. The van der Waals surface area contributed by atoms with Crippen molar-refractivity contribution in [3.63, 3.8) is 0 Å². The second-order valence-electron chi connectivity index (χ2n) is 8.55. The fourth-order valence-corrected chi connectivity index (χ4v) is 3.92. The second kappa shape index (κ2) is 10.7. The standard InChI is InChI=1S/C24H33N3O6/c1-15(2)27-12-21(32-14-18-7-19(30-5)9-20(8-18)31-6)11-26(13-24(27)29)23(28)10-22-16(3)25-33-17(22)4/h7-9,15,21H,10-14H2,1-6H3. The highest BCUT2D eigenvalue weighted by Crippen LogP contribution is 2.24. The van der Waals surface area contributed by atoms with Crippen molar-refractivity contribution in [1.82, 2.24) is 15.0 Å².